The summed E-state index contributed by atoms with van der Waals surface area (Å²) in [5.74, 6) is 1.09. The number of nitrogens with zero attached hydrogens (tertiary/aromatic N) is 2. The van der Waals surface area contributed by atoms with Gasteiger partial charge in [0.15, 0.2) is 0 Å². The van der Waals surface area contributed by atoms with E-state index in [1.807, 2.05) is 13.8 Å². The second-order valence-corrected chi connectivity index (χ2v) is 5.09. The van der Waals surface area contributed by atoms with Crippen molar-refractivity contribution in [2.24, 2.45) is 5.92 Å². The highest BCUT2D eigenvalue weighted by atomic mass is 16.5. The van der Waals surface area contributed by atoms with Crippen LogP contribution in [0.15, 0.2) is 18.2 Å². The van der Waals surface area contributed by atoms with Gasteiger partial charge in [-0.05, 0) is 18.1 Å². The van der Waals surface area contributed by atoms with Gasteiger partial charge < -0.3 is 14.4 Å². The molecule has 21 heavy (non-hydrogen) atoms. The zero-order valence-corrected chi connectivity index (χ0v) is 13.0. The molecule has 0 saturated heterocycles. The lowest BCUT2D eigenvalue weighted by Crippen LogP contribution is -2.35. The number of ether oxygens (including phenoxy) is 2. The van der Waals surface area contributed by atoms with Gasteiger partial charge in [-0.25, -0.2) is 0 Å². The Morgan fingerprint density at radius 1 is 1.29 bits per heavy atom. The van der Waals surface area contributed by atoms with Gasteiger partial charge in [0.05, 0.1) is 26.7 Å². The highest BCUT2D eigenvalue weighted by Gasteiger charge is 2.24. The Morgan fingerprint density at radius 2 is 1.86 bits per heavy atom. The summed E-state index contributed by atoms with van der Waals surface area (Å²) in [6.07, 6.45) is 0.302. The van der Waals surface area contributed by atoms with E-state index in [1.165, 1.54) is 14.2 Å². The third kappa shape index (κ3) is 4.38. The molecule has 1 aromatic rings. The van der Waals surface area contributed by atoms with Crippen LogP contribution in [-0.4, -0.2) is 38.1 Å². The SMILES string of the molecule is COc1cccc(OC)c1C(=O)N(CCC#N)CC(C)C. The van der Waals surface area contributed by atoms with Crippen LogP contribution in [0.2, 0.25) is 0 Å². The second-order valence-electron chi connectivity index (χ2n) is 5.09. The maximum Gasteiger partial charge on any atom is 0.261 e. The lowest BCUT2D eigenvalue weighted by atomic mass is 10.1. The third-order valence-electron chi connectivity index (χ3n) is 3.01. The topological polar surface area (TPSA) is 62.6 Å². The molecule has 0 fully saturated rings. The first-order valence-electron chi connectivity index (χ1n) is 6.92. The maximum absolute atomic E-state index is 12.8. The highest BCUT2D eigenvalue weighted by molar-refractivity contribution is 5.99. The summed E-state index contributed by atoms with van der Waals surface area (Å²) in [5.41, 5.74) is 0.404. The summed E-state index contributed by atoms with van der Waals surface area (Å²) in [7, 11) is 3.04. The van der Waals surface area contributed by atoms with Crippen LogP contribution in [0, 0.1) is 17.2 Å². The molecule has 0 N–H and O–H groups in total. The molecule has 1 rings (SSSR count). The minimum atomic E-state index is -0.173. The summed E-state index contributed by atoms with van der Waals surface area (Å²) in [6, 6.07) is 7.31. The van der Waals surface area contributed by atoms with Crippen molar-refractivity contribution in [2.75, 3.05) is 27.3 Å². The van der Waals surface area contributed by atoms with E-state index in [-0.39, 0.29) is 5.91 Å². The molecule has 0 atom stereocenters. The van der Waals surface area contributed by atoms with Gasteiger partial charge in [-0.1, -0.05) is 19.9 Å². The molecule has 1 aromatic carbocycles. The smallest absolute Gasteiger partial charge is 0.261 e. The van der Waals surface area contributed by atoms with Crippen molar-refractivity contribution in [1.82, 2.24) is 4.90 Å². The fourth-order valence-electron chi connectivity index (χ4n) is 2.12. The van der Waals surface area contributed by atoms with Crippen LogP contribution in [0.3, 0.4) is 0 Å². The Bertz CT molecular complexity index is 498. The summed E-state index contributed by atoms with van der Waals surface area (Å²) in [5, 5.41) is 8.77. The number of benzene rings is 1. The van der Waals surface area contributed by atoms with E-state index in [2.05, 4.69) is 6.07 Å². The predicted molar refractivity (Wildman–Crippen MR) is 80.5 cm³/mol. The highest BCUT2D eigenvalue weighted by Crippen LogP contribution is 2.29. The molecule has 114 valence electrons. The van der Waals surface area contributed by atoms with Crippen molar-refractivity contribution in [2.45, 2.75) is 20.3 Å². The summed E-state index contributed by atoms with van der Waals surface area (Å²) in [4.78, 5) is 14.5. The molecular weight excluding hydrogens is 268 g/mol. The Labute approximate surface area is 126 Å². The fourth-order valence-corrected chi connectivity index (χ4v) is 2.12. The molecule has 0 radical (unpaired) electrons. The second kappa shape index (κ2) is 8.15. The van der Waals surface area contributed by atoms with Crippen molar-refractivity contribution in [3.05, 3.63) is 23.8 Å². The van der Waals surface area contributed by atoms with Crippen LogP contribution in [0.5, 0.6) is 11.5 Å². The van der Waals surface area contributed by atoms with Gasteiger partial charge in [-0.15, -0.1) is 0 Å². The van der Waals surface area contributed by atoms with Gasteiger partial charge in [0.1, 0.15) is 17.1 Å². The molecule has 0 bridgehead atoms. The number of methoxy groups -OCH3 is 2. The summed E-state index contributed by atoms with van der Waals surface area (Å²) >= 11 is 0. The van der Waals surface area contributed by atoms with Crippen LogP contribution in [0.25, 0.3) is 0 Å². The number of rotatable bonds is 7. The Balaban J connectivity index is 3.16. The molecule has 0 aromatic heterocycles. The molecule has 0 aliphatic heterocycles. The van der Waals surface area contributed by atoms with Crippen LogP contribution < -0.4 is 9.47 Å². The third-order valence-corrected chi connectivity index (χ3v) is 3.01. The number of carbonyl (C=O) groups is 1. The van der Waals surface area contributed by atoms with E-state index in [9.17, 15) is 4.79 Å². The van der Waals surface area contributed by atoms with E-state index < -0.39 is 0 Å². The Morgan fingerprint density at radius 3 is 2.29 bits per heavy atom. The molecule has 5 heteroatoms. The number of hydrogen-bond acceptors (Lipinski definition) is 4. The molecule has 0 saturated carbocycles. The van der Waals surface area contributed by atoms with Gasteiger partial charge in [-0.2, -0.15) is 5.26 Å². The quantitative estimate of drug-likeness (QED) is 0.774. The lowest BCUT2D eigenvalue weighted by molar-refractivity contribution is 0.0733. The van der Waals surface area contributed by atoms with Gasteiger partial charge in [0.25, 0.3) is 5.91 Å². The van der Waals surface area contributed by atoms with E-state index >= 15 is 0 Å². The molecule has 1 amide bonds. The minimum Gasteiger partial charge on any atom is -0.496 e. The summed E-state index contributed by atoms with van der Waals surface area (Å²) < 4.78 is 10.6. The first-order valence-corrected chi connectivity index (χ1v) is 6.92. The van der Waals surface area contributed by atoms with Crippen molar-refractivity contribution in [1.29, 1.82) is 5.26 Å². The van der Waals surface area contributed by atoms with Crippen LogP contribution in [-0.2, 0) is 0 Å². The molecule has 0 aliphatic rings. The fraction of sp³-hybridized carbons (Fsp3) is 0.500. The first-order chi connectivity index (χ1) is 10.0. The minimum absolute atomic E-state index is 0.173. The first kappa shape index (κ1) is 16.8. The van der Waals surface area contributed by atoms with E-state index in [1.54, 1.807) is 23.1 Å². The number of hydrogen-bond donors (Lipinski definition) is 0. The average molecular weight is 290 g/mol. The van der Waals surface area contributed by atoms with Crippen LogP contribution >= 0.6 is 0 Å². The number of amides is 1. The van der Waals surface area contributed by atoms with Crippen molar-refractivity contribution >= 4 is 5.91 Å². The van der Waals surface area contributed by atoms with Crippen LogP contribution in [0.4, 0.5) is 0 Å². The van der Waals surface area contributed by atoms with Crippen LogP contribution in [0.1, 0.15) is 30.6 Å². The Hall–Kier alpha value is -2.22. The van der Waals surface area contributed by atoms with Gasteiger partial charge in [0.2, 0.25) is 0 Å². The van der Waals surface area contributed by atoms with E-state index in [0.29, 0.717) is 42.5 Å². The van der Waals surface area contributed by atoms with Crippen molar-refractivity contribution < 1.29 is 14.3 Å². The molecular formula is C16H22N2O3. The van der Waals surface area contributed by atoms with Crippen molar-refractivity contribution in [3.8, 4) is 17.6 Å². The van der Waals surface area contributed by atoms with Gasteiger partial charge >= 0.3 is 0 Å². The van der Waals surface area contributed by atoms with Gasteiger partial charge in [0, 0.05) is 13.1 Å². The normalized spacial score (nSPS) is 10.1. The van der Waals surface area contributed by atoms with E-state index in [0.717, 1.165) is 0 Å². The van der Waals surface area contributed by atoms with Gasteiger partial charge in [-0.3, -0.25) is 4.79 Å². The standard InChI is InChI=1S/C16H22N2O3/c1-12(2)11-18(10-6-9-17)16(19)15-13(20-3)7-5-8-14(15)21-4/h5,7-8,12H,6,10-11H2,1-4H3. The molecule has 0 heterocycles. The maximum atomic E-state index is 12.8. The van der Waals surface area contributed by atoms with E-state index in [4.69, 9.17) is 14.7 Å². The molecule has 0 unspecified atom stereocenters. The Kier molecular flexibility index (Phi) is 6.54. The summed E-state index contributed by atoms with van der Waals surface area (Å²) in [6.45, 7) is 5.05. The molecule has 0 aliphatic carbocycles. The zero-order valence-electron chi connectivity index (χ0n) is 13.0. The van der Waals surface area contributed by atoms with Crippen molar-refractivity contribution in [3.63, 3.8) is 0 Å². The lowest BCUT2D eigenvalue weighted by Gasteiger charge is -2.25. The predicted octanol–water partition coefficient (Wildman–Crippen LogP) is 2.72. The number of carbonyl (C=O) groups excluding carboxylic acids is 1. The monoisotopic (exact) mass is 290 g/mol. The molecule has 0 spiro atoms. The largest absolute Gasteiger partial charge is 0.496 e. The zero-order chi connectivity index (χ0) is 15.8. The molecule has 5 nitrogen and oxygen atoms in total. The number of nitriles is 1. The average Bonchev–Trinajstić information content (AvgIpc) is 2.49.